The van der Waals surface area contributed by atoms with Crippen molar-refractivity contribution in [3.8, 4) is 22.4 Å². The van der Waals surface area contributed by atoms with Crippen LogP contribution < -0.4 is 5.32 Å². The molecule has 1 amide bonds. The molecule has 0 unspecified atom stereocenters. The number of nitrogens with one attached hydrogen (secondary N) is 1. The molecular formula is C24H18F2N4O. The summed E-state index contributed by atoms with van der Waals surface area (Å²) in [4.78, 5) is 24.8. The molecule has 4 rings (SSSR count). The SMILES string of the molecule is Cc1cc(-c2ncc(CNC(=O)c3ccc(-c4cccc(F)c4)cn3)cc2F)ccn1. The van der Waals surface area contributed by atoms with Gasteiger partial charge in [-0.25, -0.2) is 8.78 Å². The Morgan fingerprint density at radius 1 is 0.903 bits per heavy atom. The molecule has 0 radical (unpaired) electrons. The van der Waals surface area contributed by atoms with Crippen LogP contribution in [0.5, 0.6) is 0 Å². The van der Waals surface area contributed by atoms with Crippen molar-refractivity contribution in [3.05, 3.63) is 102 Å². The van der Waals surface area contributed by atoms with Crippen molar-refractivity contribution in [3.63, 3.8) is 0 Å². The van der Waals surface area contributed by atoms with E-state index in [1.165, 1.54) is 30.6 Å². The lowest BCUT2D eigenvalue weighted by Crippen LogP contribution is -2.23. The average Bonchev–Trinajstić information content (AvgIpc) is 2.77. The van der Waals surface area contributed by atoms with Gasteiger partial charge >= 0.3 is 0 Å². The molecule has 3 aromatic heterocycles. The smallest absolute Gasteiger partial charge is 0.270 e. The molecule has 7 heteroatoms. The van der Waals surface area contributed by atoms with Crippen LogP contribution in [-0.4, -0.2) is 20.9 Å². The van der Waals surface area contributed by atoms with Gasteiger partial charge < -0.3 is 5.32 Å². The Morgan fingerprint density at radius 3 is 2.48 bits per heavy atom. The van der Waals surface area contributed by atoms with Crippen molar-refractivity contribution in [2.75, 3.05) is 0 Å². The number of aryl methyl sites for hydroxylation is 1. The lowest BCUT2D eigenvalue weighted by Gasteiger charge is -2.08. The van der Waals surface area contributed by atoms with Crippen molar-refractivity contribution < 1.29 is 13.6 Å². The maximum absolute atomic E-state index is 14.5. The van der Waals surface area contributed by atoms with Crippen LogP contribution in [0, 0.1) is 18.6 Å². The number of amides is 1. The molecule has 0 aliphatic carbocycles. The fourth-order valence-electron chi connectivity index (χ4n) is 3.12. The molecule has 31 heavy (non-hydrogen) atoms. The zero-order valence-electron chi connectivity index (χ0n) is 16.6. The number of pyridine rings is 3. The Hall–Kier alpha value is -4.00. The summed E-state index contributed by atoms with van der Waals surface area (Å²) in [5, 5.41) is 2.70. The van der Waals surface area contributed by atoms with E-state index in [-0.39, 0.29) is 23.7 Å². The molecular weight excluding hydrogens is 398 g/mol. The molecule has 1 aromatic carbocycles. The first-order valence-electron chi connectivity index (χ1n) is 9.57. The second-order valence-electron chi connectivity index (χ2n) is 6.99. The lowest BCUT2D eigenvalue weighted by molar-refractivity contribution is 0.0946. The molecule has 4 aromatic rings. The third kappa shape index (κ3) is 4.78. The first-order chi connectivity index (χ1) is 15.0. The predicted octanol–water partition coefficient (Wildman–Crippen LogP) is 4.72. The molecule has 0 bridgehead atoms. The summed E-state index contributed by atoms with van der Waals surface area (Å²) in [5.41, 5.74) is 3.74. The summed E-state index contributed by atoms with van der Waals surface area (Å²) < 4.78 is 27.9. The van der Waals surface area contributed by atoms with Crippen molar-refractivity contribution in [1.29, 1.82) is 0 Å². The highest BCUT2D eigenvalue weighted by Gasteiger charge is 2.11. The number of aromatic nitrogens is 3. The normalized spacial score (nSPS) is 10.7. The molecule has 1 N–H and O–H groups in total. The molecule has 0 fully saturated rings. The van der Waals surface area contributed by atoms with E-state index in [2.05, 4.69) is 20.3 Å². The number of halogens is 2. The van der Waals surface area contributed by atoms with Gasteiger partial charge in [0.05, 0.1) is 0 Å². The second-order valence-corrected chi connectivity index (χ2v) is 6.99. The summed E-state index contributed by atoms with van der Waals surface area (Å²) in [5.74, 6) is -1.22. The van der Waals surface area contributed by atoms with Crippen LogP contribution in [0.4, 0.5) is 8.78 Å². The topological polar surface area (TPSA) is 67.8 Å². The number of carbonyl (C=O) groups excluding carboxylic acids is 1. The minimum Gasteiger partial charge on any atom is -0.347 e. The van der Waals surface area contributed by atoms with E-state index < -0.39 is 11.7 Å². The highest BCUT2D eigenvalue weighted by molar-refractivity contribution is 5.92. The van der Waals surface area contributed by atoms with Gasteiger partial charge in [0.1, 0.15) is 23.0 Å². The average molecular weight is 416 g/mol. The third-order valence-corrected chi connectivity index (χ3v) is 4.68. The van der Waals surface area contributed by atoms with Gasteiger partial charge in [-0.15, -0.1) is 0 Å². The molecule has 0 aliphatic heterocycles. The van der Waals surface area contributed by atoms with Crippen molar-refractivity contribution in [1.82, 2.24) is 20.3 Å². The van der Waals surface area contributed by atoms with Crippen molar-refractivity contribution >= 4 is 5.91 Å². The van der Waals surface area contributed by atoms with E-state index in [9.17, 15) is 13.6 Å². The van der Waals surface area contributed by atoms with Gasteiger partial charge in [-0.3, -0.25) is 19.7 Å². The number of hydrogen-bond acceptors (Lipinski definition) is 4. The number of benzene rings is 1. The van der Waals surface area contributed by atoms with Gasteiger partial charge in [0, 0.05) is 42.0 Å². The van der Waals surface area contributed by atoms with E-state index >= 15 is 0 Å². The Morgan fingerprint density at radius 2 is 1.77 bits per heavy atom. The number of hydrogen-bond donors (Lipinski definition) is 1. The van der Waals surface area contributed by atoms with Crippen LogP contribution >= 0.6 is 0 Å². The second kappa shape index (κ2) is 8.79. The Bertz CT molecular complexity index is 1240. The number of carbonyl (C=O) groups is 1. The van der Waals surface area contributed by atoms with Gasteiger partial charge in [-0.05, 0) is 54.4 Å². The maximum atomic E-state index is 14.5. The summed E-state index contributed by atoms with van der Waals surface area (Å²) >= 11 is 0. The minimum absolute atomic E-state index is 0.103. The molecule has 3 heterocycles. The van der Waals surface area contributed by atoms with Crippen molar-refractivity contribution in [2.45, 2.75) is 13.5 Å². The van der Waals surface area contributed by atoms with Crippen LogP contribution in [0.2, 0.25) is 0 Å². The maximum Gasteiger partial charge on any atom is 0.270 e. The van der Waals surface area contributed by atoms with Crippen LogP contribution in [-0.2, 0) is 6.54 Å². The Labute approximate surface area is 177 Å². The third-order valence-electron chi connectivity index (χ3n) is 4.68. The van der Waals surface area contributed by atoms with Crippen molar-refractivity contribution in [2.24, 2.45) is 0 Å². The van der Waals surface area contributed by atoms with E-state index in [1.54, 1.807) is 42.6 Å². The fraction of sp³-hybridized carbons (Fsp3) is 0.0833. The van der Waals surface area contributed by atoms with Crippen LogP contribution in [0.25, 0.3) is 22.4 Å². The largest absolute Gasteiger partial charge is 0.347 e. The zero-order valence-corrected chi connectivity index (χ0v) is 16.6. The molecule has 0 saturated heterocycles. The van der Waals surface area contributed by atoms with Gasteiger partial charge in [0.15, 0.2) is 0 Å². The summed E-state index contributed by atoms with van der Waals surface area (Å²) in [7, 11) is 0. The lowest BCUT2D eigenvalue weighted by atomic mass is 10.1. The Balaban J connectivity index is 1.42. The van der Waals surface area contributed by atoms with E-state index in [0.29, 0.717) is 22.3 Å². The molecule has 0 spiro atoms. The molecule has 5 nitrogen and oxygen atoms in total. The van der Waals surface area contributed by atoms with Crippen LogP contribution in [0.15, 0.2) is 73.2 Å². The molecule has 0 saturated carbocycles. The standard InChI is InChI=1S/C24H18F2N4O/c1-15-9-18(7-8-27-15)23-21(26)10-16(12-29-23)13-30-24(31)22-6-5-19(14-28-22)17-3-2-4-20(25)11-17/h2-12,14H,13H2,1H3,(H,30,31). The minimum atomic E-state index is -0.477. The molecule has 0 aliphatic rings. The van der Waals surface area contributed by atoms with Crippen LogP contribution in [0.1, 0.15) is 21.7 Å². The first kappa shape index (κ1) is 20.3. The van der Waals surface area contributed by atoms with Crippen LogP contribution in [0.3, 0.4) is 0 Å². The number of nitrogens with zero attached hydrogens (tertiary/aromatic N) is 3. The Kier molecular flexibility index (Phi) is 5.75. The molecule has 0 atom stereocenters. The van der Waals surface area contributed by atoms with Gasteiger partial charge in [0.25, 0.3) is 5.91 Å². The highest BCUT2D eigenvalue weighted by atomic mass is 19.1. The van der Waals surface area contributed by atoms with E-state index in [4.69, 9.17) is 0 Å². The van der Waals surface area contributed by atoms with E-state index in [0.717, 1.165) is 5.69 Å². The summed E-state index contributed by atoms with van der Waals surface area (Å²) in [6.07, 6.45) is 4.64. The van der Waals surface area contributed by atoms with Gasteiger partial charge in [0.2, 0.25) is 0 Å². The van der Waals surface area contributed by atoms with Gasteiger partial charge in [-0.1, -0.05) is 18.2 Å². The fourth-order valence-corrected chi connectivity index (χ4v) is 3.12. The summed E-state index contributed by atoms with van der Waals surface area (Å²) in [6.45, 7) is 1.93. The van der Waals surface area contributed by atoms with Gasteiger partial charge in [-0.2, -0.15) is 0 Å². The quantitative estimate of drug-likeness (QED) is 0.511. The number of rotatable bonds is 5. The zero-order chi connectivity index (χ0) is 21.8. The highest BCUT2D eigenvalue weighted by Crippen LogP contribution is 2.21. The predicted molar refractivity (Wildman–Crippen MR) is 113 cm³/mol. The molecule has 154 valence electrons. The summed E-state index contributed by atoms with van der Waals surface area (Å²) in [6, 6.07) is 14.2. The monoisotopic (exact) mass is 416 g/mol. The first-order valence-corrected chi connectivity index (χ1v) is 9.57. The van der Waals surface area contributed by atoms with E-state index in [1.807, 2.05) is 6.92 Å².